The third-order valence-corrected chi connectivity index (χ3v) is 7.98. The quantitative estimate of drug-likeness (QED) is 0.0798. The Morgan fingerprint density at radius 1 is 0.872 bits per heavy atom. The largest absolute Gasteiger partial charge is 0.477 e. The predicted molar refractivity (Wildman–Crippen MR) is 145 cm³/mol. The number of rotatable bonds is 13. The lowest BCUT2D eigenvalue weighted by Gasteiger charge is -2.50. The zero-order chi connectivity index (χ0) is 35.4. The highest BCUT2D eigenvalue weighted by Crippen LogP contribution is 2.38. The van der Waals surface area contributed by atoms with Crippen LogP contribution in [0, 0.1) is 0 Å². The van der Waals surface area contributed by atoms with Crippen molar-refractivity contribution in [1.82, 2.24) is 10.6 Å². The maximum absolute atomic E-state index is 12.7. The number of aliphatic hydroxyl groups excluding tert-OH is 9. The van der Waals surface area contributed by atoms with Crippen LogP contribution in [0.4, 0.5) is 0 Å². The molecule has 3 aliphatic rings. The van der Waals surface area contributed by atoms with Crippen LogP contribution in [-0.4, -0.2) is 186 Å². The van der Waals surface area contributed by atoms with Crippen molar-refractivity contribution < 1.29 is 94.0 Å². The van der Waals surface area contributed by atoms with Gasteiger partial charge in [0.2, 0.25) is 11.8 Å². The SMILES string of the molecule is CC(=O)N[C@H]1[C@H](ON)O[C@H](CO)[C@@H](O[C@@H]2O[C@H](CO)[C@H](O)[C@H](O[C@]3(C(=O)O)C[C@H](O)[C@@H](NC(C)=O)[C@H]([C@H](O)[C@H](O)CO)O3)[C@H]2O)[C@@H]1O. The Kier molecular flexibility index (Phi) is 13.7. The van der Waals surface area contributed by atoms with Crippen molar-refractivity contribution in [2.45, 2.75) is 118 Å². The average molecular weight is 690 g/mol. The molecule has 0 radical (unpaired) electrons. The van der Waals surface area contributed by atoms with Crippen LogP contribution in [-0.2, 0) is 42.9 Å². The second-order valence-electron chi connectivity index (χ2n) is 11.3. The molecule has 47 heavy (non-hydrogen) atoms. The minimum Gasteiger partial charge on any atom is -0.477 e. The van der Waals surface area contributed by atoms with Gasteiger partial charge in [-0.2, -0.15) is 0 Å². The lowest BCUT2D eigenvalue weighted by molar-refractivity contribution is -0.383. The number of hydrogen-bond donors (Lipinski definition) is 13. The van der Waals surface area contributed by atoms with Gasteiger partial charge in [0.05, 0.1) is 32.0 Å². The Bertz CT molecular complexity index is 1070. The number of ether oxygens (including phenoxy) is 5. The third-order valence-electron chi connectivity index (χ3n) is 7.98. The maximum atomic E-state index is 12.7. The molecule has 0 aromatic heterocycles. The Morgan fingerprint density at radius 3 is 1.96 bits per heavy atom. The Hall–Kier alpha value is -2.23. The minimum absolute atomic E-state index is 0.656. The van der Waals surface area contributed by atoms with Gasteiger partial charge < -0.3 is 85.4 Å². The molecule has 3 saturated heterocycles. The lowest BCUT2D eigenvalue weighted by Crippen LogP contribution is -2.71. The summed E-state index contributed by atoms with van der Waals surface area (Å²) in [5, 5.41) is 109. The summed E-state index contributed by atoms with van der Waals surface area (Å²) in [5.41, 5.74) is 0. The highest BCUT2D eigenvalue weighted by atomic mass is 16.8. The molecule has 0 aromatic carbocycles. The summed E-state index contributed by atoms with van der Waals surface area (Å²) in [6.07, 6.45) is -25.2. The van der Waals surface area contributed by atoms with Gasteiger partial charge in [-0.25, -0.2) is 10.7 Å². The van der Waals surface area contributed by atoms with Gasteiger partial charge in [0.15, 0.2) is 12.6 Å². The summed E-state index contributed by atoms with van der Waals surface area (Å²) >= 11 is 0. The number of aliphatic hydroxyl groups is 9. The lowest BCUT2D eigenvalue weighted by atomic mass is 9.88. The molecule has 0 aromatic rings. The molecular weight excluding hydrogens is 646 g/mol. The summed E-state index contributed by atoms with van der Waals surface area (Å²) in [6.45, 7) is -0.722. The summed E-state index contributed by atoms with van der Waals surface area (Å²) in [6, 6.07) is -2.94. The standard InChI is InChI=1S/C25H43N3O19/c1-7(32)27-13-9(34)3-25(24(40)41,45-20(13)15(36)10(35)4-29)46-21-16(37)11(5-30)42-23(18(21)39)44-19-12(6-31)43-22(47-26)14(17(19)38)28-8(2)33/h9-23,29-31,34-39H,3-6,26H2,1-2H3,(H,27,32)(H,28,33)(H,40,41)/t9-,10+,11+,12+,13+,14+,15+,16-,17+,18+,19+,20+,21-,22-,23-,25-/m0/s1. The van der Waals surface area contributed by atoms with E-state index in [4.69, 9.17) is 29.6 Å². The molecule has 0 spiro atoms. The van der Waals surface area contributed by atoms with Crippen LogP contribution >= 0.6 is 0 Å². The van der Waals surface area contributed by atoms with E-state index < -0.39 is 142 Å². The molecule has 0 saturated carbocycles. The second kappa shape index (κ2) is 16.4. The van der Waals surface area contributed by atoms with Crippen LogP contribution in [0.3, 0.4) is 0 Å². The molecule has 3 fully saturated rings. The summed E-state index contributed by atoms with van der Waals surface area (Å²) < 4.78 is 27.8. The van der Waals surface area contributed by atoms with E-state index in [0.29, 0.717) is 0 Å². The molecule has 0 bridgehead atoms. The van der Waals surface area contributed by atoms with E-state index >= 15 is 0 Å². The molecule has 272 valence electrons. The van der Waals surface area contributed by atoms with E-state index in [0.717, 1.165) is 13.8 Å². The molecular formula is C25H43N3O19. The van der Waals surface area contributed by atoms with Crippen LogP contribution in [0.5, 0.6) is 0 Å². The van der Waals surface area contributed by atoms with Crippen molar-refractivity contribution in [2.24, 2.45) is 5.90 Å². The van der Waals surface area contributed by atoms with Gasteiger partial charge in [0.1, 0.15) is 67.1 Å². The Morgan fingerprint density at radius 2 is 1.45 bits per heavy atom. The molecule has 22 nitrogen and oxygen atoms in total. The normalized spacial score (nSPS) is 42.3. The molecule has 0 aliphatic carbocycles. The van der Waals surface area contributed by atoms with Crippen molar-refractivity contribution in [3.8, 4) is 0 Å². The van der Waals surface area contributed by atoms with Gasteiger partial charge in [0, 0.05) is 20.3 Å². The topological polar surface area (TPSA) is 359 Å². The van der Waals surface area contributed by atoms with Crippen LogP contribution in [0.15, 0.2) is 0 Å². The number of carbonyl (C=O) groups is 3. The summed E-state index contributed by atoms with van der Waals surface area (Å²) in [4.78, 5) is 40.8. The van der Waals surface area contributed by atoms with Crippen molar-refractivity contribution in [3.63, 3.8) is 0 Å². The van der Waals surface area contributed by atoms with Gasteiger partial charge in [-0.1, -0.05) is 0 Å². The number of nitrogens with one attached hydrogen (secondary N) is 2. The first-order valence-corrected chi connectivity index (χ1v) is 14.4. The highest BCUT2D eigenvalue weighted by molar-refractivity contribution is 5.76. The third kappa shape index (κ3) is 8.50. The molecule has 14 N–H and O–H groups in total. The molecule has 2 amide bonds. The van der Waals surface area contributed by atoms with Crippen LogP contribution < -0.4 is 16.5 Å². The first-order valence-electron chi connectivity index (χ1n) is 14.4. The first-order chi connectivity index (χ1) is 22.0. The van der Waals surface area contributed by atoms with Crippen LogP contribution in [0.2, 0.25) is 0 Å². The Labute approximate surface area is 266 Å². The number of carboxylic acid groups (broad SMARTS) is 1. The fraction of sp³-hybridized carbons (Fsp3) is 0.880. The maximum Gasteiger partial charge on any atom is 0.364 e. The molecule has 3 rings (SSSR count). The van der Waals surface area contributed by atoms with E-state index in [1.165, 1.54) is 0 Å². The van der Waals surface area contributed by atoms with E-state index in [-0.39, 0.29) is 0 Å². The van der Waals surface area contributed by atoms with Crippen LogP contribution in [0.1, 0.15) is 20.3 Å². The van der Waals surface area contributed by atoms with E-state index in [2.05, 4.69) is 15.5 Å². The molecule has 22 heteroatoms. The van der Waals surface area contributed by atoms with Crippen molar-refractivity contribution >= 4 is 17.8 Å². The van der Waals surface area contributed by atoms with Crippen molar-refractivity contribution in [3.05, 3.63) is 0 Å². The first kappa shape index (κ1) is 39.2. The number of amides is 2. The van der Waals surface area contributed by atoms with Crippen LogP contribution in [0.25, 0.3) is 0 Å². The van der Waals surface area contributed by atoms with E-state index in [1.54, 1.807) is 0 Å². The molecule has 3 aliphatic heterocycles. The molecule has 3 heterocycles. The number of carboxylic acids is 1. The van der Waals surface area contributed by atoms with Gasteiger partial charge in [-0.15, -0.1) is 0 Å². The smallest absolute Gasteiger partial charge is 0.364 e. The highest BCUT2D eigenvalue weighted by Gasteiger charge is 2.60. The van der Waals surface area contributed by atoms with Gasteiger partial charge in [-0.05, 0) is 0 Å². The zero-order valence-electron chi connectivity index (χ0n) is 25.2. The monoisotopic (exact) mass is 689 g/mol. The zero-order valence-corrected chi connectivity index (χ0v) is 25.2. The van der Waals surface area contributed by atoms with Crippen molar-refractivity contribution in [2.75, 3.05) is 19.8 Å². The Balaban J connectivity index is 1.96. The second-order valence-corrected chi connectivity index (χ2v) is 11.3. The predicted octanol–water partition coefficient (Wildman–Crippen LogP) is -8.18. The fourth-order valence-corrected chi connectivity index (χ4v) is 5.67. The summed E-state index contributed by atoms with van der Waals surface area (Å²) in [7, 11) is 0. The van der Waals surface area contributed by atoms with E-state index in [1.807, 2.05) is 0 Å². The van der Waals surface area contributed by atoms with Gasteiger partial charge >= 0.3 is 5.97 Å². The fourth-order valence-electron chi connectivity index (χ4n) is 5.67. The number of carbonyl (C=O) groups excluding carboxylic acids is 2. The van der Waals surface area contributed by atoms with E-state index in [9.17, 15) is 65.4 Å². The summed E-state index contributed by atoms with van der Waals surface area (Å²) in [5.74, 6) is -1.21. The average Bonchev–Trinajstić information content (AvgIpc) is 3.02. The van der Waals surface area contributed by atoms with Crippen molar-refractivity contribution in [1.29, 1.82) is 0 Å². The number of hydrogen-bond acceptors (Lipinski definition) is 19. The minimum atomic E-state index is -3.03. The number of aliphatic carboxylic acids is 1. The van der Waals surface area contributed by atoms with Gasteiger partial charge in [0.25, 0.3) is 5.79 Å². The van der Waals surface area contributed by atoms with Gasteiger partial charge in [-0.3, -0.25) is 14.4 Å². The molecule has 0 unspecified atom stereocenters. The molecule has 16 atom stereocenters. The number of nitrogens with two attached hydrogens (primary N) is 1.